The third-order valence-electron chi connectivity index (χ3n) is 5.05. The summed E-state index contributed by atoms with van der Waals surface area (Å²) in [6.07, 6.45) is 2.84. The maximum atomic E-state index is 13.3. The Morgan fingerprint density at radius 1 is 1.03 bits per heavy atom. The summed E-state index contributed by atoms with van der Waals surface area (Å²) in [5.74, 6) is -0.585. The van der Waals surface area contributed by atoms with Crippen molar-refractivity contribution in [3.63, 3.8) is 0 Å². The van der Waals surface area contributed by atoms with Crippen LogP contribution in [0.25, 0.3) is 17.0 Å². The minimum atomic E-state index is -3.88. The van der Waals surface area contributed by atoms with Gasteiger partial charge >= 0.3 is 0 Å². The summed E-state index contributed by atoms with van der Waals surface area (Å²) in [6, 6.07) is 22.4. The quantitative estimate of drug-likeness (QED) is 0.278. The van der Waals surface area contributed by atoms with Gasteiger partial charge in [-0.25, -0.2) is 12.4 Å². The Hall–Kier alpha value is -3.67. The molecule has 1 N–H and O–H groups in total. The lowest BCUT2D eigenvalue weighted by Crippen LogP contribution is -2.13. The van der Waals surface area contributed by atoms with Gasteiger partial charge in [-0.3, -0.25) is 4.79 Å². The zero-order chi connectivity index (χ0) is 23.6. The van der Waals surface area contributed by atoms with E-state index in [-0.39, 0.29) is 10.5 Å². The summed E-state index contributed by atoms with van der Waals surface area (Å²) in [5.41, 5.74) is 2.24. The van der Waals surface area contributed by atoms with E-state index in [1.54, 1.807) is 72.8 Å². The Morgan fingerprint density at radius 2 is 1.70 bits per heavy atom. The smallest absolute Gasteiger partial charge is 0.268 e. The van der Waals surface area contributed by atoms with Crippen molar-refractivity contribution in [3.05, 3.63) is 100 Å². The molecule has 0 saturated heterocycles. The number of amides is 1. The molecule has 164 valence electrons. The van der Waals surface area contributed by atoms with Gasteiger partial charge in [-0.2, -0.15) is 5.26 Å². The molecule has 0 aliphatic rings. The van der Waals surface area contributed by atoms with Gasteiger partial charge in [0.2, 0.25) is 0 Å². The van der Waals surface area contributed by atoms with Crippen LogP contribution in [-0.4, -0.2) is 18.3 Å². The molecule has 8 heteroatoms. The molecule has 1 aromatic heterocycles. The molecule has 1 heterocycles. The van der Waals surface area contributed by atoms with E-state index in [9.17, 15) is 18.5 Å². The summed E-state index contributed by atoms with van der Waals surface area (Å²) in [5, 5.41) is 12.9. The second-order valence-electron chi connectivity index (χ2n) is 7.35. The number of aryl methyl sites for hydroxylation is 1. The molecule has 33 heavy (non-hydrogen) atoms. The van der Waals surface area contributed by atoms with Gasteiger partial charge in [-0.15, -0.1) is 0 Å². The molecule has 4 aromatic rings. The molecule has 0 bridgehead atoms. The molecule has 0 aliphatic carbocycles. The maximum Gasteiger partial charge on any atom is 0.268 e. The second kappa shape index (κ2) is 9.06. The topological polar surface area (TPSA) is 92.0 Å². The van der Waals surface area contributed by atoms with E-state index < -0.39 is 15.9 Å². The van der Waals surface area contributed by atoms with Crippen molar-refractivity contribution >= 4 is 54.5 Å². The Kier molecular flexibility index (Phi) is 6.18. The molecule has 0 unspecified atom stereocenters. The molecule has 0 radical (unpaired) electrons. The highest BCUT2D eigenvalue weighted by atomic mass is 79.9. The van der Waals surface area contributed by atoms with Gasteiger partial charge in [-0.05, 0) is 55.5 Å². The average molecular weight is 520 g/mol. The SMILES string of the molecule is Cc1ccc(S(=O)(=O)n2cc(C=C(C#N)C(=O)Nc3ccc(Br)cc3)c3ccccc32)cc1. The number of fused-ring (bicyclic) bond motifs is 1. The second-order valence-corrected chi connectivity index (χ2v) is 10.1. The first-order valence-electron chi connectivity index (χ1n) is 9.90. The lowest BCUT2D eigenvalue weighted by Gasteiger charge is -2.07. The van der Waals surface area contributed by atoms with Crippen molar-refractivity contribution in [1.82, 2.24) is 3.97 Å². The van der Waals surface area contributed by atoms with E-state index in [4.69, 9.17) is 0 Å². The number of rotatable bonds is 5. The van der Waals surface area contributed by atoms with Gasteiger partial charge < -0.3 is 5.32 Å². The number of para-hydroxylation sites is 1. The lowest BCUT2D eigenvalue weighted by atomic mass is 10.1. The fourth-order valence-corrected chi connectivity index (χ4v) is 4.99. The van der Waals surface area contributed by atoms with E-state index in [0.29, 0.717) is 22.2 Å². The summed E-state index contributed by atoms with van der Waals surface area (Å²) in [6.45, 7) is 1.88. The summed E-state index contributed by atoms with van der Waals surface area (Å²) in [4.78, 5) is 12.8. The number of nitrogens with zero attached hydrogens (tertiary/aromatic N) is 2. The van der Waals surface area contributed by atoms with Crippen molar-refractivity contribution in [2.45, 2.75) is 11.8 Å². The normalized spacial score (nSPS) is 11.8. The fourth-order valence-electron chi connectivity index (χ4n) is 3.35. The molecule has 0 fully saturated rings. The molecule has 1 amide bonds. The van der Waals surface area contributed by atoms with E-state index in [0.717, 1.165) is 10.0 Å². The van der Waals surface area contributed by atoms with Crippen LogP contribution in [0.4, 0.5) is 5.69 Å². The highest BCUT2D eigenvalue weighted by molar-refractivity contribution is 9.10. The van der Waals surface area contributed by atoms with Gasteiger partial charge in [0.15, 0.2) is 0 Å². The number of carbonyl (C=O) groups excluding carboxylic acids is 1. The van der Waals surface area contributed by atoms with E-state index >= 15 is 0 Å². The van der Waals surface area contributed by atoms with E-state index in [2.05, 4.69) is 21.2 Å². The van der Waals surface area contributed by atoms with Crippen LogP contribution in [0.2, 0.25) is 0 Å². The van der Waals surface area contributed by atoms with Gasteiger partial charge in [0.25, 0.3) is 15.9 Å². The first-order chi connectivity index (χ1) is 15.8. The third kappa shape index (κ3) is 4.60. The molecule has 0 spiro atoms. The van der Waals surface area contributed by atoms with Gasteiger partial charge in [0.1, 0.15) is 11.6 Å². The molecule has 0 saturated carbocycles. The largest absolute Gasteiger partial charge is 0.321 e. The minimum Gasteiger partial charge on any atom is -0.321 e. The number of halogens is 1. The number of anilines is 1. The van der Waals surface area contributed by atoms with Gasteiger partial charge in [0, 0.05) is 27.3 Å². The molecule has 3 aromatic carbocycles. The van der Waals surface area contributed by atoms with Crippen molar-refractivity contribution in [2.75, 3.05) is 5.32 Å². The number of carbonyl (C=O) groups is 1. The highest BCUT2D eigenvalue weighted by Gasteiger charge is 2.21. The van der Waals surface area contributed by atoms with Crippen molar-refractivity contribution in [3.8, 4) is 6.07 Å². The number of nitriles is 1. The molecule has 0 aliphatic heterocycles. The van der Waals surface area contributed by atoms with Crippen LogP contribution in [0.5, 0.6) is 0 Å². The highest BCUT2D eigenvalue weighted by Crippen LogP contribution is 2.28. The molecular formula is C25H18BrN3O3S. The Bertz CT molecular complexity index is 1530. The number of nitrogens with one attached hydrogen (secondary N) is 1. The van der Waals surface area contributed by atoms with Crippen molar-refractivity contribution < 1.29 is 13.2 Å². The first kappa shape index (κ1) is 22.5. The van der Waals surface area contributed by atoms with Crippen LogP contribution < -0.4 is 5.32 Å². The standard InChI is InChI=1S/C25H18BrN3O3S/c1-17-6-12-22(13-7-17)33(31,32)29-16-19(23-4-2-3-5-24(23)29)14-18(15-27)25(30)28-21-10-8-20(26)9-11-21/h2-14,16H,1H3,(H,28,30). The number of aromatic nitrogens is 1. The van der Waals surface area contributed by atoms with Crippen LogP contribution in [0.1, 0.15) is 11.1 Å². The predicted molar refractivity (Wildman–Crippen MR) is 132 cm³/mol. The number of hydrogen-bond acceptors (Lipinski definition) is 4. The van der Waals surface area contributed by atoms with Crippen LogP contribution in [0.3, 0.4) is 0 Å². The van der Waals surface area contributed by atoms with Crippen LogP contribution in [0, 0.1) is 18.3 Å². The van der Waals surface area contributed by atoms with Gasteiger partial charge in [0.05, 0.1) is 10.4 Å². The van der Waals surface area contributed by atoms with Gasteiger partial charge in [-0.1, -0.05) is 51.8 Å². The van der Waals surface area contributed by atoms with Crippen molar-refractivity contribution in [2.24, 2.45) is 0 Å². The fraction of sp³-hybridized carbons (Fsp3) is 0.0400. The summed E-state index contributed by atoms with van der Waals surface area (Å²) < 4.78 is 28.7. The Balaban J connectivity index is 1.77. The number of hydrogen-bond donors (Lipinski definition) is 1. The zero-order valence-corrected chi connectivity index (χ0v) is 19.9. The summed E-state index contributed by atoms with van der Waals surface area (Å²) in [7, 11) is -3.88. The Labute approximate surface area is 200 Å². The molecule has 4 rings (SSSR count). The average Bonchev–Trinajstić information content (AvgIpc) is 3.18. The van der Waals surface area contributed by atoms with Crippen LogP contribution in [-0.2, 0) is 14.8 Å². The molecule has 6 nitrogen and oxygen atoms in total. The maximum absolute atomic E-state index is 13.3. The predicted octanol–water partition coefficient (Wildman–Crippen LogP) is 5.49. The van der Waals surface area contributed by atoms with Crippen molar-refractivity contribution in [1.29, 1.82) is 5.26 Å². The van der Waals surface area contributed by atoms with E-state index in [1.807, 2.05) is 13.0 Å². The molecule has 0 atom stereocenters. The third-order valence-corrected chi connectivity index (χ3v) is 7.27. The van der Waals surface area contributed by atoms with Crippen LogP contribution >= 0.6 is 15.9 Å². The number of benzene rings is 3. The Morgan fingerprint density at radius 3 is 2.36 bits per heavy atom. The minimum absolute atomic E-state index is 0.145. The molecular weight excluding hydrogens is 502 g/mol. The first-order valence-corrected chi connectivity index (χ1v) is 12.1. The zero-order valence-electron chi connectivity index (χ0n) is 17.5. The van der Waals surface area contributed by atoms with Crippen LogP contribution in [0.15, 0.2) is 93.9 Å². The lowest BCUT2D eigenvalue weighted by molar-refractivity contribution is -0.112. The monoisotopic (exact) mass is 519 g/mol. The summed E-state index contributed by atoms with van der Waals surface area (Å²) >= 11 is 3.33. The van der Waals surface area contributed by atoms with E-state index in [1.165, 1.54) is 16.2 Å².